The van der Waals surface area contributed by atoms with Crippen LogP contribution in [0.15, 0.2) is 52.1 Å². The van der Waals surface area contributed by atoms with Gasteiger partial charge in [-0.3, -0.25) is 10.2 Å². The summed E-state index contributed by atoms with van der Waals surface area (Å²) in [7, 11) is 1.58. The molecule has 1 saturated carbocycles. The summed E-state index contributed by atoms with van der Waals surface area (Å²) >= 11 is 3.61. The number of carbonyl (C=O) groups excluding carboxylic acids is 1. The van der Waals surface area contributed by atoms with E-state index in [1.54, 1.807) is 19.3 Å². The van der Waals surface area contributed by atoms with Gasteiger partial charge in [-0.25, -0.2) is 0 Å². The minimum atomic E-state index is -0.434. The standard InChI is InChI=1S/C28H29IN4O4S/c1-17-7-6-10-20(13-17)36-11-12-37-24-22(29)15-18(16-23(24)35-2)14-21-25(30)33-28(31-26(21)34)38-27(32-33)19-8-4-3-5-9-19/h6-7,10,13-16,19,30H,3-5,8-9,11-12H2,1-2H3/b21-14-,30-25?. The van der Waals surface area contributed by atoms with Crippen molar-refractivity contribution in [3.8, 4) is 17.2 Å². The molecule has 1 N–H and O–H groups in total. The lowest BCUT2D eigenvalue weighted by Gasteiger charge is -2.20. The number of aliphatic imine (C=N–C) groups is 1. The first-order valence-corrected chi connectivity index (χ1v) is 14.5. The van der Waals surface area contributed by atoms with Crippen LogP contribution in [0.3, 0.4) is 0 Å². The average molecular weight is 645 g/mol. The Bertz CT molecular complexity index is 1350. The molecule has 2 heterocycles. The molecular weight excluding hydrogens is 615 g/mol. The summed E-state index contributed by atoms with van der Waals surface area (Å²) < 4.78 is 18.2. The maximum Gasteiger partial charge on any atom is 0.283 e. The Hall–Kier alpha value is -2.86. The summed E-state index contributed by atoms with van der Waals surface area (Å²) in [5, 5.41) is 16.3. The third-order valence-electron chi connectivity index (χ3n) is 6.58. The van der Waals surface area contributed by atoms with Gasteiger partial charge in [0.1, 0.15) is 24.0 Å². The molecule has 0 bridgehead atoms. The molecule has 198 valence electrons. The molecule has 0 saturated heterocycles. The Kier molecular flexibility index (Phi) is 8.37. The topological polar surface area (TPSA) is 96.6 Å². The van der Waals surface area contributed by atoms with E-state index in [0.717, 1.165) is 32.8 Å². The van der Waals surface area contributed by atoms with Crippen LogP contribution in [-0.2, 0) is 4.79 Å². The molecule has 38 heavy (non-hydrogen) atoms. The Morgan fingerprint density at radius 2 is 1.95 bits per heavy atom. The fourth-order valence-corrected chi connectivity index (χ4v) is 6.50. The number of methoxy groups -OCH3 is 1. The minimum Gasteiger partial charge on any atom is -0.493 e. The summed E-state index contributed by atoms with van der Waals surface area (Å²) in [6, 6.07) is 11.6. The van der Waals surface area contributed by atoms with E-state index in [0.29, 0.717) is 41.4 Å². The maximum absolute atomic E-state index is 12.9. The van der Waals surface area contributed by atoms with Crippen LogP contribution >= 0.6 is 34.4 Å². The van der Waals surface area contributed by atoms with Crippen LogP contribution in [0.1, 0.15) is 43.2 Å². The molecule has 5 rings (SSSR count). The number of ether oxygens (including phenoxy) is 3. The molecule has 1 fully saturated rings. The summed E-state index contributed by atoms with van der Waals surface area (Å²) in [5.74, 6) is 1.93. The lowest BCUT2D eigenvalue weighted by molar-refractivity contribution is -0.114. The van der Waals surface area contributed by atoms with Crippen molar-refractivity contribution in [1.82, 2.24) is 5.01 Å². The maximum atomic E-state index is 12.9. The quantitative estimate of drug-likeness (QED) is 0.207. The highest BCUT2D eigenvalue weighted by Gasteiger charge is 2.38. The largest absolute Gasteiger partial charge is 0.493 e. The molecule has 1 aliphatic carbocycles. The number of amidine groups is 2. The normalized spacial score (nSPS) is 18.8. The molecule has 2 aromatic rings. The minimum absolute atomic E-state index is 0.0425. The molecule has 0 unspecified atom stereocenters. The Morgan fingerprint density at radius 3 is 2.71 bits per heavy atom. The zero-order valence-electron chi connectivity index (χ0n) is 21.3. The van der Waals surface area contributed by atoms with E-state index in [1.165, 1.54) is 36.0 Å². The van der Waals surface area contributed by atoms with Crippen molar-refractivity contribution in [2.45, 2.75) is 39.0 Å². The lowest BCUT2D eigenvalue weighted by Crippen LogP contribution is -2.35. The number of nitrogens with zero attached hydrogens (tertiary/aromatic N) is 3. The number of rotatable bonds is 8. The lowest BCUT2D eigenvalue weighted by atomic mass is 9.90. The second kappa shape index (κ2) is 11.9. The second-order valence-electron chi connectivity index (χ2n) is 9.34. The van der Waals surface area contributed by atoms with Crippen molar-refractivity contribution in [2.24, 2.45) is 16.0 Å². The molecule has 8 nitrogen and oxygen atoms in total. The number of hydrazone groups is 1. The highest BCUT2D eigenvalue weighted by atomic mass is 127. The number of thioether (sulfide) groups is 1. The molecule has 0 atom stereocenters. The van der Waals surface area contributed by atoms with Gasteiger partial charge in [-0.05, 0) is 95.6 Å². The van der Waals surface area contributed by atoms with Gasteiger partial charge in [0.25, 0.3) is 5.91 Å². The van der Waals surface area contributed by atoms with Crippen LogP contribution in [0.2, 0.25) is 0 Å². The third kappa shape index (κ3) is 5.90. The number of fused-ring (bicyclic) bond motifs is 1. The summed E-state index contributed by atoms with van der Waals surface area (Å²) in [6.07, 6.45) is 7.51. The smallest absolute Gasteiger partial charge is 0.283 e. The number of carbonyl (C=O) groups is 1. The van der Waals surface area contributed by atoms with E-state index >= 15 is 0 Å². The van der Waals surface area contributed by atoms with E-state index in [1.807, 2.05) is 37.3 Å². The van der Waals surface area contributed by atoms with E-state index in [2.05, 4.69) is 32.7 Å². The molecule has 0 radical (unpaired) electrons. The monoisotopic (exact) mass is 644 g/mol. The van der Waals surface area contributed by atoms with Crippen molar-refractivity contribution < 1.29 is 19.0 Å². The van der Waals surface area contributed by atoms with Crippen LogP contribution in [0.4, 0.5) is 0 Å². The molecule has 2 aromatic carbocycles. The number of aryl methyl sites for hydroxylation is 1. The first-order chi connectivity index (χ1) is 18.4. The summed E-state index contributed by atoms with van der Waals surface area (Å²) in [4.78, 5) is 17.1. The van der Waals surface area contributed by atoms with Gasteiger partial charge in [0.15, 0.2) is 17.3 Å². The van der Waals surface area contributed by atoms with Gasteiger partial charge < -0.3 is 14.2 Å². The van der Waals surface area contributed by atoms with Crippen LogP contribution < -0.4 is 14.2 Å². The van der Waals surface area contributed by atoms with Crippen LogP contribution in [0, 0.1) is 21.8 Å². The van der Waals surface area contributed by atoms with Crippen LogP contribution in [0.5, 0.6) is 17.2 Å². The fraction of sp³-hybridized carbons (Fsp3) is 0.357. The summed E-state index contributed by atoms with van der Waals surface area (Å²) in [5.41, 5.74) is 2.04. The molecule has 2 aliphatic heterocycles. The van der Waals surface area contributed by atoms with E-state index < -0.39 is 5.91 Å². The number of nitrogens with one attached hydrogen (secondary N) is 1. The predicted molar refractivity (Wildman–Crippen MR) is 159 cm³/mol. The van der Waals surface area contributed by atoms with Gasteiger partial charge in [0.2, 0.25) is 5.17 Å². The van der Waals surface area contributed by atoms with Crippen LogP contribution in [0.25, 0.3) is 6.08 Å². The van der Waals surface area contributed by atoms with Crippen molar-refractivity contribution in [3.05, 3.63) is 56.7 Å². The van der Waals surface area contributed by atoms with Gasteiger partial charge in [-0.1, -0.05) is 31.4 Å². The number of amides is 1. The highest BCUT2D eigenvalue weighted by Crippen LogP contribution is 2.38. The highest BCUT2D eigenvalue weighted by molar-refractivity contribution is 14.1. The van der Waals surface area contributed by atoms with E-state index in [-0.39, 0.29) is 11.4 Å². The third-order valence-corrected chi connectivity index (χ3v) is 8.45. The van der Waals surface area contributed by atoms with E-state index in [4.69, 9.17) is 19.6 Å². The fourth-order valence-electron chi connectivity index (χ4n) is 4.66. The van der Waals surface area contributed by atoms with Crippen molar-refractivity contribution in [2.75, 3.05) is 20.3 Å². The van der Waals surface area contributed by atoms with Gasteiger partial charge in [-0.2, -0.15) is 15.1 Å². The molecular formula is C28H29IN4O4S. The number of benzene rings is 2. The van der Waals surface area contributed by atoms with Crippen molar-refractivity contribution in [3.63, 3.8) is 0 Å². The Balaban J connectivity index is 1.30. The van der Waals surface area contributed by atoms with Gasteiger partial charge in [0, 0.05) is 5.92 Å². The zero-order valence-corrected chi connectivity index (χ0v) is 24.3. The Morgan fingerprint density at radius 1 is 1.16 bits per heavy atom. The first-order valence-electron chi connectivity index (χ1n) is 12.6. The Labute approximate surface area is 240 Å². The van der Waals surface area contributed by atoms with Crippen LogP contribution in [-0.4, -0.2) is 47.3 Å². The zero-order chi connectivity index (χ0) is 26.6. The molecule has 0 spiro atoms. The number of hydrogen-bond donors (Lipinski definition) is 1. The molecule has 0 aromatic heterocycles. The average Bonchev–Trinajstić information content (AvgIpc) is 3.34. The molecule has 3 aliphatic rings. The number of halogens is 1. The predicted octanol–water partition coefficient (Wildman–Crippen LogP) is 6.27. The first kappa shape index (κ1) is 26.7. The summed E-state index contributed by atoms with van der Waals surface area (Å²) in [6.45, 7) is 2.75. The van der Waals surface area contributed by atoms with Gasteiger partial charge >= 0.3 is 0 Å². The second-order valence-corrected chi connectivity index (χ2v) is 11.5. The molecule has 10 heteroatoms. The van der Waals surface area contributed by atoms with Crippen molar-refractivity contribution in [1.29, 1.82) is 5.41 Å². The molecule has 1 amide bonds. The van der Waals surface area contributed by atoms with Gasteiger partial charge in [0.05, 0.1) is 16.3 Å². The number of hydrogen-bond acceptors (Lipinski definition) is 7. The van der Waals surface area contributed by atoms with Crippen molar-refractivity contribution >= 4 is 62.4 Å². The SMILES string of the molecule is COc1cc(/C=C2/C(=N)N3N=C(C4CCCCC4)SC3=NC2=O)cc(I)c1OCCOc1cccc(C)c1. The van der Waals surface area contributed by atoms with Gasteiger partial charge in [-0.15, -0.1) is 0 Å². The van der Waals surface area contributed by atoms with E-state index in [9.17, 15) is 4.79 Å².